The van der Waals surface area contributed by atoms with Crippen LogP contribution < -0.4 is 0 Å². The van der Waals surface area contributed by atoms with Crippen LogP contribution >= 0.6 is 0 Å². The van der Waals surface area contributed by atoms with E-state index in [0.29, 0.717) is 0 Å². The smallest absolute Gasteiger partial charge is 0.303 e. The molecule has 0 heterocycles. The molecule has 0 saturated heterocycles. The minimum atomic E-state index is -0.745. The Morgan fingerprint density at radius 2 is 1.12 bits per heavy atom. The van der Waals surface area contributed by atoms with Gasteiger partial charge in [-0.25, -0.2) is 0 Å². The SMILES string of the molecule is C.C.CC.CCC(=O)O.C[N+](=O)[O-].C[N+](=O)[O-]. The maximum Gasteiger partial charge on any atom is 0.303 e. The molecule has 0 aliphatic heterocycles. The van der Waals surface area contributed by atoms with Crippen LogP contribution in [0.4, 0.5) is 0 Å². The van der Waals surface area contributed by atoms with Crippen molar-refractivity contribution in [1.82, 2.24) is 0 Å². The first kappa shape index (κ1) is 36.2. The number of aliphatic carboxylic acids is 1. The Morgan fingerprint density at radius 1 is 1.06 bits per heavy atom. The molecular weight excluding hydrogens is 232 g/mol. The highest BCUT2D eigenvalue weighted by Crippen LogP contribution is 1.67. The fourth-order valence-electron chi connectivity index (χ4n) is 0. The minimum absolute atomic E-state index is 0. The van der Waals surface area contributed by atoms with E-state index in [2.05, 4.69) is 0 Å². The maximum absolute atomic E-state index is 9.37. The van der Waals surface area contributed by atoms with E-state index in [1.165, 1.54) is 0 Å². The first-order valence-electron chi connectivity index (χ1n) is 4.11. The third kappa shape index (κ3) is 29500. The van der Waals surface area contributed by atoms with E-state index in [-0.39, 0.29) is 21.3 Å². The van der Waals surface area contributed by atoms with E-state index < -0.39 is 15.8 Å². The number of carboxylic acid groups (broad SMARTS) is 1. The molecule has 0 aromatic heterocycles. The number of carbonyl (C=O) groups is 1. The van der Waals surface area contributed by atoms with Gasteiger partial charge in [0, 0.05) is 16.3 Å². The largest absolute Gasteiger partial charge is 0.481 e. The minimum Gasteiger partial charge on any atom is -0.481 e. The lowest BCUT2D eigenvalue weighted by molar-refractivity contribution is -0.445. The van der Waals surface area contributed by atoms with Gasteiger partial charge >= 0.3 is 5.97 Å². The number of hydrogen-bond donors (Lipinski definition) is 1. The molecule has 0 atom stereocenters. The van der Waals surface area contributed by atoms with Crippen LogP contribution in [0, 0.1) is 20.2 Å². The van der Waals surface area contributed by atoms with Gasteiger partial charge in [0.1, 0.15) is 0 Å². The molecule has 0 aromatic carbocycles. The van der Waals surface area contributed by atoms with Crippen molar-refractivity contribution < 1.29 is 19.7 Å². The van der Waals surface area contributed by atoms with Crippen LogP contribution in [0.3, 0.4) is 0 Å². The Bertz CT molecular complexity index is 153. The van der Waals surface area contributed by atoms with Crippen molar-refractivity contribution in [1.29, 1.82) is 0 Å². The van der Waals surface area contributed by atoms with Gasteiger partial charge in [0.15, 0.2) is 14.1 Å². The van der Waals surface area contributed by atoms with Gasteiger partial charge in [-0.05, 0) is 0 Å². The lowest BCUT2D eigenvalue weighted by Crippen LogP contribution is -1.86. The van der Waals surface area contributed by atoms with Crippen LogP contribution in [-0.2, 0) is 4.79 Å². The molecule has 0 bridgehead atoms. The molecule has 0 rings (SSSR count). The van der Waals surface area contributed by atoms with Crippen molar-refractivity contribution in [2.75, 3.05) is 14.1 Å². The summed E-state index contributed by atoms with van der Waals surface area (Å²) < 4.78 is 0. The zero-order valence-electron chi connectivity index (χ0n) is 9.59. The Labute approximate surface area is 103 Å². The monoisotopic (exact) mass is 258 g/mol. The molecule has 1 N–H and O–H groups in total. The van der Waals surface area contributed by atoms with Gasteiger partial charge in [0.25, 0.3) is 0 Å². The van der Waals surface area contributed by atoms with Gasteiger partial charge in [0.2, 0.25) is 0 Å². The summed E-state index contributed by atoms with van der Waals surface area (Å²) in [4.78, 5) is 26.0. The Hall–Kier alpha value is -1.73. The molecule has 0 aromatic rings. The second kappa shape index (κ2) is 36.7. The van der Waals surface area contributed by atoms with Crippen LogP contribution in [-0.4, -0.2) is 35.0 Å². The second-order valence-corrected chi connectivity index (χ2v) is 1.63. The average Bonchev–Trinajstić information content (AvgIpc) is 2.06. The molecule has 0 aliphatic carbocycles. The van der Waals surface area contributed by atoms with Gasteiger partial charge in [-0.3, -0.25) is 25.0 Å². The summed E-state index contributed by atoms with van der Waals surface area (Å²) in [5.41, 5.74) is 0. The molecule has 0 fully saturated rings. The molecule has 8 heteroatoms. The first-order valence-corrected chi connectivity index (χ1v) is 4.11. The summed E-state index contributed by atoms with van der Waals surface area (Å²) in [7, 11) is 1.78. The van der Waals surface area contributed by atoms with Crippen LogP contribution in [0.5, 0.6) is 0 Å². The number of hydrogen-bond acceptors (Lipinski definition) is 5. The van der Waals surface area contributed by atoms with Crippen molar-refractivity contribution in [3.63, 3.8) is 0 Å². The van der Waals surface area contributed by atoms with Gasteiger partial charge in [-0.1, -0.05) is 35.6 Å². The van der Waals surface area contributed by atoms with Crippen molar-refractivity contribution in [2.24, 2.45) is 0 Å². The van der Waals surface area contributed by atoms with Crippen molar-refractivity contribution >= 4 is 5.97 Å². The molecule has 0 spiro atoms. The quantitative estimate of drug-likeness (QED) is 0.569. The summed E-state index contributed by atoms with van der Waals surface area (Å²) >= 11 is 0. The fourth-order valence-corrected chi connectivity index (χ4v) is 0. The molecule has 108 valence electrons. The third-order valence-electron chi connectivity index (χ3n) is 0.302. The van der Waals surface area contributed by atoms with E-state index in [0.717, 1.165) is 14.1 Å². The van der Waals surface area contributed by atoms with Gasteiger partial charge < -0.3 is 5.11 Å². The Kier molecular flexibility index (Phi) is 78.2. The maximum atomic E-state index is 9.37. The van der Waals surface area contributed by atoms with E-state index in [1.807, 2.05) is 13.8 Å². The van der Waals surface area contributed by atoms with E-state index in [1.54, 1.807) is 6.92 Å². The highest BCUT2D eigenvalue weighted by Gasteiger charge is 1.80. The molecule has 0 aliphatic rings. The zero-order valence-corrected chi connectivity index (χ0v) is 9.59. The molecule has 8 nitrogen and oxygen atoms in total. The number of carboxylic acids is 1. The highest BCUT2D eigenvalue weighted by atomic mass is 16.6. The standard InChI is InChI=1S/C3H6O2.C2H6.2CH3NO2.2CH4/c1-2-3(4)5;1-2;2*1-2(3)4;;/h2H2,1H3,(H,4,5);1-2H3;2*1H3;2*1H4. The summed E-state index contributed by atoms with van der Waals surface area (Å²) in [6.07, 6.45) is 0.222. The lowest BCUT2D eigenvalue weighted by atomic mass is 10.5. The summed E-state index contributed by atoms with van der Waals surface area (Å²) in [6.45, 7) is 5.60. The molecule has 0 amide bonds. The van der Waals surface area contributed by atoms with E-state index in [9.17, 15) is 4.79 Å². The van der Waals surface area contributed by atoms with E-state index >= 15 is 0 Å². The summed E-state index contributed by atoms with van der Waals surface area (Å²) in [5.74, 6) is -0.745. The van der Waals surface area contributed by atoms with Gasteiger partial charge in [0.05, 0.1) is 0 Å². The van der Waals surface area contributed by atoms with Crippen LogP contribution in [0.2, 0.25) is 0 Å². The molecule has 17 heavy (non-hydrogen) atoms. The molecular formula is C9H26N2O6. The van der Waals surface area contributed by atoms with Crippen LogP contribution in [0.25, 0.3) is 0 Å². The highest BCUT2D eigenvalue weighted by molar-refractivity contribution is 5.66. The Morgan fingerprint density at radius 3 is 1.12 bits per heavy atom. The third-order valence-corrected chi connectivity index (χ3v) is 0.302. The number of nitro groups is 2. The first-order chi connectivity index (χ1) is 6.73. The predicted molar refractivity (Wildman–Crippen MR) is 68.6 cm³/mol. The normalized spacial score (nSPS) is 5.47. The van der Waals surface area contributed by atoms with Crippen molar-refractivity contribution in [3.8, 4) is 0 Å². The lowest BCUT2D eigenvalue weighted by Gasteiger charge is -1.71. The van der Waals surface area contributed by atoms with Gasteiger partial charge in [-0.15, -0.1) is 0 Å². The summed E-state index contributed by atoms with van der Waals surface area (Å²) in [6, 6.07) is 0. The van der Waals surface area contributed by atoms with E-state index in [4.69, 9.17) is 25.3 Å². The Balaban J connectivity index is -0.0000000237. The molecule has 0 saturated carbocycles. The van der Waals surface area contributed by atoms with Crippen LogP contribution in [0.15, 0.2) is 0 Å². The average molecular weight is 258 g/mol. The zero-order chi connectivity index (χ0) is 13.4. The van der Waals surface area contributed by atoms with Crippen molar-refractivity contribution in [3.05, 3.63) is 20.2 Å². The summed E-state index contributed by atoms with van der Waals surface area (Å²) in [5, 5.41) is 25.3. The molecule has 0 radical (unpaired) electrons. The molecule has 0 unspecified atom stereocenters. The van der Waals surface area contributed by atoms with Gasteiger partial charge in [-0.2, -0.15) is 0 Å². The number of nitrogens with zero attached hydrogens (tertiary/aromatic N) is 2. The van der Waals surface area contributed by atoms with Crippen molar-refractivity contribution in [2.45, 2.75) is 42.0 Å². The number of rotatable bonds is 1. The predicted octanol–water partition coefficient (Wildman–Crippen LogP) is 2.57. The second-order valence-electron chi connectivity index (χ2n) is 1.63. The fraction of sp³-hybridized carbons (Fsp3) is 0.889. The van der Waals surface area contributed by atoms with Crippen LogP contribution in [0.1, 0.15) is 42.0 Å². The topological polar surface area (TPSA) is 124 Å².